The lowest BCUT2D eigenvalue weighted by molar-refractivity contribution is 0.0988. The molecule has 2 aromatic rings. The third-order valence-electron chi connectivity index (χ3n) is 4.02. The van der Waals surface area contributed by atoms with Crippen molar-refractivity contribution < 1.29 is 4.79 Å². The second-order valence-corrected chi connectivity index (χ2v) is 5.42. The van der Waals surface area contributed by atoms with Crippen LogP contribution in [0.2, 0.25) is 0 Å². The molecule has 1 N–H and O–H groups in total. The average Bonchev–Trinajstić information content (AvgIpc) is 3.00. The van der Waals surface area contributed by atoms with E-state index in [0.29, 0.717) is 6.42 Å². The van der Waals surface area contributed by atoms with Crippen molar-refractivity contribution in [3.63, 3.8) is 0 Å². The van der Waals surface area contributed by atoms with Gasteiger partial charge in [0.05, 0.1) is 17.1 Å². The first-order valence-electron chi connectivity index (χ1n) is 7.01. The van der Waals surface area contributed by atoms with Crippen LogP contribution in [0.25, 0.3) is 11.0 Å². The van der Waals surface area contributed by atoms with Crippen LogP contribution in [0.1, 0.15) is 42.0 Å². The molecule has 104 valence electrons. The fraction of sp³-hybridized carbons (Fsp3) is 0.375. The van der Waals surface area contributed by atoms with Crippen LogP contribution >= 0.6 is 0 Å². The molecule has 20 heavy (non-hydrogen) atoms. The Morgan fingerprint density at radius 2 is 2.35 bits per heavy atom. The lowest BCUT2D eigenvalue weighted by atomic mass is 10.1. The number of carbonyl (C=O) groups excluding carboxylic acids is 1. The molecule has 4 heteroatoms. The van der Waals surface area contributed by atoms with Crippen LogP contribution in [-0.2, 0) is 0 Å². The standard InChI is InChI=1S/C16H19N3O/c1-4-14(20)11-5-6-12-13(9-11)18-16(17-12)15-10(2)7-8-19(15)3/h5-6,9,15H,2,4,7-8H2,1,3H3,(H,17,18). The summed E-state index contributed by atoms with van der Waals surface area (Å²) >= 11 is 0. The molecular formula is C16H19N3O. The van der Waals surface area contributed by atoms with Gasteiger partial charge in [0.2, 0.25) is 0 Å². The van der Waals surface area contributed by atoms with E-state index in [2.05, 4.69) is 28.5 Å². The normalized spacial score (nSPS) is 19.9. The summed E-state index contributed by atoms with van der Waals surface area (Å²) in [5.41, 5.74) is 3.76. The lowest BCUT2D eigenvalue weighted by Crippen LogP contribution is -2.19. The summed E-state index contributed by atoms with van der Waals surface area (Å²) in [4.78, 5) is 22.0. The summed E-state index contributed by atoms with van der Waals surface area (Å²) in [6.07, 6.45) is 1.53. The number of benzene rings is 1. The first-order chi connectivity index (χ1) is 9.60. The fourth-order valence-electron chi connectivity index (χ4n) is 2.84. The van der Waals surface area contributed by atoms with E-state index in [0.717, 1.165) is 35.4 Å². The van der Waals surface area contributed by atoms with Crippen molar-refractivity contribution in [2.24, 2.45) is 0 Å². The van der Waals surface area contributed by atoms with Gasteiger partial charge >= 0.3 is 0 Å². The summed E-state index contributed by atoms with van der Waals surface area (Å²) in [6.45, 7) is 7.03. The maximum atomic E-state index is 11.8. The third-order valence-corrected chi connectivity index (χ3v) is 4.02. The van der Waals surface area contributed by atoms with E-state index in [4.69, 9.17) is 0 Å². The van der Waals surface area contributed by atoms with Crippen molar-refractivity contribution in [1.29, 1.82) is 0 Å². The van der Waals surface area contributed by atoms with Crippen LogP contribution in [0.4, 0.5) is 0 Å². The van der Waals surface area contributed by atoms with E-state index in [1.807, 2.05) is 25.1 Å². The Kier molecular flexibility index (Phi) is 3.18. The molecule has 0 amide bonds. The highest BCUT2D eigenvalue weighted by Gasteiger charge is 2.28. The number of H-pyrrole nitrogens is 1. The van der Waals surface area contributed by atoms with Crippen molar-refractivity contribution in [2.75, 3.05) is 13.6 Å². The summed E-state index contributed by atoms with van der Waals surface area (Å²) in [6, 6.07) is 5.82. The highest BCUT2D eigenvalue weighted by atomic mass is 16.1. The van der Waals surface area contributed by atoms with Gasteiger partial charge in [-0.05, 0) is 31.7 Å². The van der Waals surface area contributed by atoms with Crippen LogP contribution in [0.5, 0.6) is 0 Å². The highest BCUT2D eigenvalue weighted by molar-refractivity contribution is 5.98. The van der Waals surface area contributed by atoms with Gasteiger partial charge in [0.25, 0.3) is 0 Å². The number of aromatic nitrogens is 2. The predicted molar refractivity (Wildman–Crippen MR) is 79.8 cm³/mol. The fourth-order valence-corrected chi connectivity index (χ4v) is 2.84. The van der Waals surface area contributed by atoms with Crippen LogP contribution in [0.15, 0.2) is 30.4 Å². The SMILES string of the molecule is C=C1CCN(C)C1c1nc2ccc(C(=O)CC)cc2[nH]1. The third kappa shape index (κ3) is 2.06. The molecule has 0 bridgehead atoms. The largest absolute Gasteiger partial charge is 0.340 e. The molecule has 3 rings (SSSR count). The zero-order valence-corrected chi connectivity index (χ0v) is 11.9. The Labute approximate surface area is 118 Å². The number of aromatic amines is 1. The van der Waals surface area contributed by atoms with Crippen LogP contribution < -0.4 is 0 Å². The van der Waals surface area contributed by atoms with E-state index < -0.39 is 0 Å². The number of Topliss-reactive ketones (excluding diaryl/α,β-unsaturated/α-hetero) is 1. The van der Waals surface area contributed by atoms with Gasteiger partial charge in [-0.25, -0.2) is 4.98 Å². The predicted octanol–water partition coefficient (Wildman–Crippen LogP) is 3.09. The Balaban J connectivity index is 2.02. The van der Waals surface area contributed by atoms with E-state index in [1.54, 1.807) is 0 Å². The van der Waals surface area contributed by atoms with Gasteiger partial charge in [-0.2, -0.15) is 0 Å². The van der Waals surface area contributed by atoms with E-state index in [9.17, 15) is 4.79 Å². The highest BCUT2D eigenvalue weighted by Crippen LogP contribution is 2.33. The van der Waals surface area contributed by atoms with Crippen molar-refractivity contribution in [2.45, 2.75) is 25.8 Å². The monoisotopic (exact) mass is 269 g/mol. The number of carbonyl (C=O) groups is 1. The quantitative estimate of drug-likeness (QED) is 0.688. The van der Waals surface area contributed by atoms with Gasteiger partial charge in [0.1, 0.15) is 5.82 Å². The zero-order chi connectivity index (χ0) is 14.3. The second kappa shape index (κ2) is 4.87. The first-order valence-corrected chi connectivity index (χ1v) is 7.01. The molecule has 0 saturated carbocycles. The summed E-state index contributed by atoms with van der Waals surface area (Å²) in [5.74, 6) is 1.08. The molecular weight excluding hydrogens is 250 g/mol. The lowest BCUT2D eigenvalue weighted by Gasteiger charge is -2.17. The Bertz CT molecular complexity index is 686. The molecule has 1 saturated heterocycles. The number of likely N-dealkylation sites (N-methyl/N-ethyl adjacent to an activating group) is 1. The van der Waals surface area contributed by atoms with Crippen LogP contribution in [-0.4, -0.2) is 34.2 Å². The number of hydrogen-bond acceptors (Lipinski definition) is 3. The number of rotatable bonds is 3. The molecule has 1 aromatic carbocycles. The molecule has 2 heterocycles. The Morgan fingerprint density at radius 1 is 1.55 bits per heavy atom. The number of nitrogens with one attached hydrogen (secondary N) is 1. The molecule has 1 aliphatic heterocycles. The number of ketones is 1. The second-order valence-electron chi connectivity index (χ2n) is 5.42. The van der Waals surface area contributed by atoms with Gasteiger partial charge in [-0.15, -0.1) is 0 Å². The minimum absolute atomic E-state index is 0.158. The smallest absolute Gasteiger partial charge is 0.162 e. The summed E-state index contributed by atoms with van der Waals surface area (Å²) < 4.78 is 0. The maximum Gasteiger partial charge on any atom is 0.162 e. The molecule has 0 aliphatic carbocycles. The van der Waals surface area contributed by atoms with Crippen LogP contribution in [0.3, 0.4) is 0 Å². The number of hydrogen-bond donors (Lipinski definition) is 1. The van der Waals surface area contributed by atoms with E-state index >= 15 is 0 Å². The molecule has 0 radical (unpaired) electrons. The summed E-state index contributed by atoms with van der Waals surface area (Å²) in [7, 11) is 2.09. The zero-order valence-electron chi connectivity index (χ0n) is 11.9. The van der Waals surface area contributed by atoms with Crippen molar-refractivity contribution >= 4 is 16.8 Å². The van der Waals surface area contributed by atoms with Gasteiger partial charge in [-0.3, -0.25) is 9.69 Å². The summed E-state index contributed by atoms with van der Waals surface area (Å²) in [5, 5.41) is 0. The number of likely N-dealkylation sites (tertiary alicyclic amines) is 1. The number of imidazole rings is 1. The van der Waals surface area contributed by atoms with Gasteiger partial charge < -0.3 is 4.98 Å². The minimum atomic E-state index is 0.158. The van der Waals surface area contributed by atoms with Crippen LogP contribution in [0, 0.1) is 0 Å². The topological polar surface area (TPSA) is 49.0 Å². The molecule has 1 atom stereocenters. The van der Waals surface area contributed by atoms with Crippen molar-refractivity contribution in [3.8, 4) is 0 Å². The van der Waals surface area contributed by atoms with Crippen molar-refractivity contribution in [1.82, 2.24) is 14.9 Å². The first kappa shape index (κ1) is 13.1. The van der Waals surface area contributed by atoms with Gasteiger partial charge in [0, 0.05) is 18.5 Å². The van der Waals surface area contributed by atoms with Gasteiger partial charge in [0.15, 0.2) is 5.78 Å². The Hall–Kier alpha value is -1.94. The minimum Gasteiger partial charge on any atom is -0.340 e. The molecule has 1 aliphatic rings. The van der Waals surface area contributed by atoms with Crippen molar-refractivity contribution in [3.05, 3.63) is 41.7 Å². The number of fused-ring (bicyclic) bond motifs is 1. The molecule has 1 fully saturated rings. The molecule has 1 aromatic heterocycles. The molecule has 4 nitrogen and oxygen atoms in total. The Morgan fingerprint density at radius 3 is 3.00 bits per heavy atom. The number of nitrogens with zero attached hydrogens (tertiary/aromatic N) is 2. The average molecular weight is 269 g/mol. The van der Waals surface area contributed by atoms with E-state index in [1.165, 1.54) is 5.57 Å². The van der Waals surface area contributed by atoms with E-state index in [-0.39, 0.29) is 11.8 Å². The molecule has 0 spiro atoms. The maximum absolute atomic E-state index is 11.8. The van der Waals surface area contributed by atoms with Gasteiger partial charge in [-0.1, -0.05) is 19.1 Å². The molecule has 1 unspecified atom stereocenters.